The van der Waals surface area contributed by atoms with E-state index < -0.39 is 6.04 Å². The Kier molecular flexibility index (Phi) is 5.99. The van der Waals surface area contributed by atoms with E-state index in [0.29, 0.717) is 38.8 Å². The van der Waals surface area contributed by atoms with Gasteiger partial charge in [-0.1, -0.05) is 0 Å². The molecule has 1 saturated carbocycles. The van der Waals surface area contributed by atoms with Crippen LogP contribution in [-0.4, -0.2) is 55.6 Å². The van der Waals surface area contributed by atoms with Gasteiger partial charge in [0, 0.05) is 19.0 Å². The van der Waals surface area contributed by atoms with Crippen molar-refractivity contribution in [3.05, 3.63) is 0 Å². The van der Waals surface area contributed by atoms with Crippen molar-refractivity contribution in [1.29, 1.82) is 0 Å². The van der Waals surface area contributed by atoms with Crippen LogP contribution in [0.4, 0.5) is 0 Å². The van der Waals surface area contributed by atoms with Gasteiger partial charge in [0.15, 0.2) is 0 Å². The van der Waals surface area contributed by atoms with E-state index in [9.17, 15) is 9.59 Å². The summed E-state index contributed by atoms with van der Waals surface area (Å²) in [5.74, 6) is 0.604. The summed E-state index contributed by atoms with van der Waals surface area (Å²) in [6.07, 6.45) is 3.81. The zero-order chi connectivity index (χ0) is 15.2. The van der Waals surface area contributed by atoms with Gasteiger partial charge in [-0.3, -0.25) is 9.59 Å². The Labute approximate surface area is 126 Å². The van der Waals surface area contributed by atoms with E-state index >= 15 is 0 Å². The van der Waals surface area contributed by atoms with Crippen molar-refractivity contribution in [2.75, 3.05) is 32.8 Å². The van der Waals surface area contributed by atoms with Crippen molar-refractivity contribution in [2.45, 2.75) is 38.6 Å². The number of morpholine rings is 1. The van der Waals surface area contributed by atoms with Crippen LogP contribution < -0.4 is 11.1 Å². The second kappa shape index (κ2) is 7.75. The summed E-state index contributed by atoms with van der Waals surface area (Å²) in [5.41, 5.74) is 5.70. The standard InChI is InChI=1S/C15H27N3O3/c1-2-17-14(19)13-10-21-8-7-18(13)15(20)12-5-3-11(9-16)4-6-12/h11-13H,2-10,16H2,1H3,(H,17,19). The normalized spacial score (nSPS) is 30.0. The highest BCUT2D eigenvalue weighted by Crippen LogP contribution is 2.30. The molecule has 21 heavy (non-hydrogen) atoms. The zero-order valence-electron chi connectivity index (χ0n) is 12.8. The van der Waals surface area contributed by atoms with E-state index in [4.69, 9.17) is 10.5 Å². The number of hydrogen-bond acceptors (Lipinski definition) is 4. The lowest BCUT2D eigenvalue weighted by atomic mass is 9.81. The Balaban J connectivity index is 1.97. The topological polar surface area (TPSA) is 84.7 Å². The van der Waals surface area contributed by atoms with Gasteiger partial charge < -0.3 is 20.7 Å². The second-order valence-electron chi connectivity index (χ2n) is 5.97. The van der Waals surface area contributed by atoms with Gasteiger partial charge in [-0.25, -0.2) is 0 Å². The van der Waals surface area contributed by atoms with Crippen molar-refractivity contribution in [2.24, 2.45) is 17.6 Å². The van der Waals surface area contributed by atoms with Crippen LogP contribution in [0, 0.1) is 11.8 Å². The number of rotatable bonds is 4. The van der Waals surface area contributed by atoms with Crippen LogP contribution in [0.2, 0.25) is 0 Å². The highest BCUT2D eigenvalue weighted by atomic mass is 16.5. The minimum Gasteiger partial charge on any atom is -0.377 e. The van der Waals surface area contributed by atoms with Gasteiger partial charge in [-0.05, 0) is 45.1 Å². The summed E-state index contributed by atoms with van der Waals surface area (Å²) >= 11 is 0. The number of carbonyl (C=O) groups excluding carboxylic acids is 2. The minimum absolute atomic E-state index is 0.0443. The van der Waals surface area contributed by atoms with E-state index in [2.05, 4.69) is 5.32 Å². The summed E-state index contributed by atoms with van der Waals surface area (Å²) in [6.45, 7) is 4.48. The first-order valence-corrected chi connectivity index (χ1v) is 8.03. The molecule has 2 aliphatic rings. The molecular formula is C15H27N3O3. The Morgan fingerprint density at radius 3 is 2.62 bits per heavy atom. The van der Waals surface area contributed by atoms with Crippen LogP contribution in [0.1, 0.15) is 32.6 Å². The number of amides is 2. The number of likely N-dealkylation sites (N-methyl/N-ethyl adjacent to an activating group) is 1. The molecule has 1 aliphatic heterocycles. The van der Waals surface area contributed by atoms with Crippen LogP contribution in [0.25, 0.3) is 0 Å². The summed E-state index contributed by atoms with van der Waals surface area (Å²) in [7, 11) is 0. The first kappa shape index (κ1) is 16.2. The lowest BCUT2D eigenvalue weighted by molar-refractivity contribution is -0.152. The fourth-order valence-electron chi connectivity index (χ4n) is 3.26. The number of hydrogen-bond donors (Lipinski definition) is 2. The highest BCUT2D eigenvalue weighted by Gasteiger charge is 2.36. The smallest absolute Gasteiger partial charge is 0.245 e. The van der Waals surface area contributed by atoms with Crippen LogP contribution in [0.15, 0.2) is 0 Å². The molecule has 0 spiro atoms. The van der Waals surface area contributed by atoms with Gasteiger partial charge in [-0.15, -0.1) is 0 Å². The van der Waals surface area contributed by atoms with Gasteiger partial charge in [0.1, 0.15) is 6.04 Å². The third-order valence-electron chi connectivity index (χ3n) is 4.59. The molecule has 6 nitrogen and oxygen atoms in total. The molecule has 6 heteroatoms. The molecule has 1 atom stereocenters. The van der Waals surface area contributed by atoms with Gasteiger partial charge in [-0.2, -0.15) is 0 Å². The van der Waals surface area contributed by atoms with Crippen molar-refractivity contribution in [3.63, 3.8) is 0 Å². The Bertz CT molecular complexity index is 367. The van der Waals surface area contributed by atoms with Crippen molar-refractivity contribution in [1.82, 2.24) is 10.2 Å². The van der Waals surface area contributed by atoms with E-state index in [0.717, 1.165) is 25.7 Å². The molecule has 0 aromatic rings. The minimum atomic E-state index is -0.474. The summed E-state index contributed by atoms with van der Waals surface area (Å²) < 4.78 is 5.38. The fraction of sp³-hybridized carbons (Fsp3) is 0.867. The van der Waals surface area contributed by atoms with E-state index in [1.807, 2.05) is 6.92 Å². The van der Waals surface area contributed by atoms with Gasteiger partial charge in [0.2, 0.25) is 11.8 Å². The third kappa shape index (κ3) is 3.95. The summed E-state index contributed by atoms with van der Waals surface area (Å²) in [4.78, 5) is 26.5. The van der Waals surface area contributed by atoms with Crippen molar-refractivity contribution in [3.8, 4) is 0 Å². The Morgan fingerprint density at radius 2 is 2.00 bits per heavy atom. The first-order valence-electron chi connectivity index (χ1n) is 8.03. The maximum Gasteiger partial charge on any atom is 0.245 e. The predicted molar refractivity (Wildman–Crippen MR) is 79.5 cm³/mol. The maximum absolute atomic E-state index is 12.7. The van der Waals surface area contributed by atoms with Gasteiger partial charge in [0.25, 0.3) is 0 Å². The molecule has 0 radical (unpaired) electrons. The van der Waals surface area contributed by atoms with Crippen molar-refractivity contribution >= 4 is 11.8 Å². The van der Waals surface area contributed by atoms with Crippen LogP contribution in [0.3, 0.4) is 0 Å². The van der Waals surface area contributed by atoms with Crippen LogP contribution in [-0.2, 0) is 14.3 Å². The largest absolute Gasteiger partial charge is 0.377 e. The maximum atomic E-state index is 12.7. The lowest BCUT2D eigenvalue weighted by Gasteiger charge is -2.38. The number of ether oxygens (including phenoxy) is 1. The zero-order valence-corrected chi connectivity index (χ0v) is 12.8. The van der Waals surface area contributed by atoms with Gasteiger partial charge >= 0.3 is 0 Å². The molecule has 120 valence electrons. The summed E-state index contributed by atoms with van der Waals surface area (Å²) in [6, 6.07) is -0.474. The molecule has 0 aromatic carbocycles. The quantitative estimate of drug-likeness (QED) is 0.771. The number of nitrogens with two attached hydrogens (primary N) is 1. The molecular weight excluding hydrogens is 270 g/mol. The number of nitrogens with zero attached hydrogens (tertiary/aromatic N) is 1. The van der Waals surface area contributed by atoms with Crippen LogP contribution in [0.5, 0.6) is 0 Å². The number of carbonyl (C=O) groups is 2. The molecule has 2 amide bonds. The molecule has 0 aromatic heterocycles. The summed E-state index contributed by atoms with van der Waals surface area (Å²) in [5, 5.41) is 2.79. The molecule has 1 aliphatic carbocycles. The lowest BCUT2D eigenvalue weighted by Crippen LogP contribution is -2.57. The fourth-order valence-corrected chi connectivity index (χ4v) is 3.26. The molecule has 2 fully saturated rings. The van der Waals surface area contributed by atoms with Crippen molar-refractivity contribution < 1.29 is 14.3 Å². The molecule has 3 N–H and O–H groups in total. The second-order valence-corrected chi connectivity index (χ2v) is 5.97. The molecule has 2 rings (SSSR count). The molecule has 1 heterocycles. The monoisotopic (exact) mass is 297 g/mol. The molecule has 0 bridgehead atoms. The first-order chi connectivity index (χ1) is 10.2. The van der Waals surface area contributed by atoms with Gasteiger partial charge in [0.05, 0.1) is 13.2 Å². The Morgan fingerprint density at radius 1 is 1.29 bits per heavy atom. The van der Waals surface area contributed by atoms with E-state index in [1.54, 1.807) is 4.90 Å². The SMILES string of the molecule is CCNC(=O)C1COCCN1C(=O)C1CCC(CN)CC1. The average Bonchev–Trinajstić information content (AvgIpc) is 2.54. The van der Waals surface area contributed by atoms with Crippen LogP contribution >= 0.6 is 0 Å². The van der Waals surface area contributed by atoms with E-state index in [-0.39, 0.29) is 17.7 Å². The molecule has 1 saturated heterocycles. The predicted octanol–water partition coefficient (Wildman–Crippen LogP) is 0.115. The van der Waals surface area contributed by atoms with E-state index in [1.165, 1.54) is 0 Å². The average molecular weight is 297 g/mol. The number of nitrogens with one attached hydrogen (secondary N) is 1. The molecule has 1 unspecified atom stereocenters. The highest BCUT2D eigenvalue weighted by molar-refractivity contribution is 5.88. The third-order valence-corrected chi connectivity index (χ3v) is 4.59. The Hall–Kier alpha value is -1.14.